The van der Waals surface area contributed by atoms with E-state index in [0.717, 1.165) is 24.5 Å². The van der Waals surface area contributed by atoms with Gasteiger partial charge in [-0.3, -0.25) is 4.98 Å². The number of nitrogens with zero attached hydrogens (tertiary/aromatic N) is 1. The van der Waals surface area contributed by atoms with E-state index in [2.05, 4.69) is 4.98 Å². The molecule has 6 nitrogen and oxygen atoms in total. The summed E-state index contributed by atoms with van der Waals surface area (Å²) in [6.07, 6.45) is -3.68. The summed E-state index contributed by atoms with van der Waals surface area (Å²) < 4.78 is 94.3. The highest BCUT2D eigenvalue weighted by atomic mass is 35.5. The number of hydrogen-bond donors (Lipinski definition) is 0. The SMILES string of the molecule is CC1(S(=O)(=O)c2cccc(C(F)(F)F)c2)CCOC(c2ncc(Cl)cc2S(C)(=O)=O)C1. The molecule has 1 aromatic carbocycles. The van der Waals surface area contributed by atoms with E-state index < -0.39 is 47.2 Å². The molecule has 31 heavy (non-hydrogen) atoms. The maximum atomic E-state index is 13.3. The fourth-order valence-corrected chi connectivity index (χ4v) is 6.44. The van der Waals surface area contributed by atoms with Crippen molar-refractivity contribution >= 4 is 31.3 Å². The van der Waals surface area contributed by atoms with Crippen LogP contribution < -0.4 is 0 Å². The van der Waals surface area contributed by atoms with E-state index in [4.69, 9.17) is 16.3 Å². The summed E-state index contributed by atoms with van der Waals surface area (Å²) in [5.74, 6) is 0. The molecule has 1 fully saturated rings. The van der Waals surface area contributed by atoms with Crippen molar-refractivity contribution in [1.82, 2.24) is 4.98 Å². The van der Waals surface area contributed by atoms with Gasteiger partial charge in [-0.15, -0.1) is 0 Å². The lowest BCUT2D eigenvalue weighted by Crippen LogP contribution is -2.42. The molecule has 0 aliphatic carbocycles. The summed E-state index contributed by atoms with van der Waals surface area (Å²) in [5, 5.41) is 0.0827. The van der Waals surface area contributed by atoms with E-state index in [-0.39, 0.29) is 35.1 Å². The molecular formula is C19H19ClF3NO5S2. The molecular weight excluding hydrogens is 479 g/mol. The number of benzene rings is 1. The smallest absolute Gasteiger partial charge is 0.372 e. The van der Waals surface area contributed by atoms with E-state index in [1.54, 1.807) is 0 Å². The van der Waals surface area contributed by atoms with Crippen molar-refractivity contribution < 1.29 is 34.7 Å². The second-order valence-corrected chi connectivity index (χ2v) is 12.5. The summed E-state index contributed by atoms with van der Waals surface area (Å²) >= 11 is 5.87. The summed E-state index contributed by atoms with van der Waals surface area (Å²) in [6.45, 7) is 1.36. The van der Waals surface area contributed by atoms with Crippen molar-refractivity contribution in [2.75, 3.05) is 12.9 Å². The number of hydrogen-bond acceptors (Lipinski definition) is 6. The first kappa shape index (κ1) is 24.0. The standard InChI is InChI=1S/C19H19ClF3NO5S2/c1-18(31(27,28)14-5-3-4-12(8-14)19(21,22)23)6-7-29-15(10-18)17-16(30(2,25)26)9-13(20)11-24-17/h3-5,8-9,11,15H,6-7,10H2,1-2H3. The lowest BCUT2D eigenvalue weighted by molar-refractivity contribution is -0.137. The molecule has 0 amide bonds. The van der Waals surface area contributed by atoms with Gasteiger partial charge in [-0.25, -0.2) is 16.8 Å². The van der Waals surface area contributed by atoms with Gasteiger partial charge in [0.05, 0.1) is 30.8 Å². The highest BCUT2D eigenvalue weighted by Crippen LogP contribution is 2.43. The first-order chi connectivity index (χ1) is 14.1. The molecule has 3 rings (SSSR count). The van der Waals surface area contributed by atoms with Crippen LogP contribution in [0.4, 0.5) is 13.2 Å². The van der Waals surface area contributed by atoms with Crippen LogP contribution in [0.5, 0.6) is 0 Å². The Morgan fingerprint density at radius 3 is 2.48 bits per heavy atom. The second-order valence-electron chi connectivity index (χ2n) is 7.60. The number of pyridine rings is 1. The second kappa shape index (κ2) is 8.02. The van der Waals surface area contributed by atoms with E-state index in [9.17, 15) is 30.0 Å². The molecule has 0 N–H and O–H groups in total. The largest absolute Gasteiger partial charge is 0.416 e. The third kappa shape index (κ3) is 4.74. The lowest BCUT2D eigenvalue weighted by Gasteiger charge is -2.37. The summed E-state index contributed by atoms with van der Waals surface area (Å²) in [5.41, 5.74) is -1.06. The maximum absolute atomic E-state index is 13.3. The molecule has 12 heteroatoms. The van der Waals surface area contributed by atoms with Crippen molar-refractivity contribution in [1.29, 1.82) is 0 Å². The molecule has 2 heterocycles. The first-order valence-electron chi connectivity index (χ1n) is 9.04. The zero-order valence-electron chi connectivity index (χ0n) is 16.5. The number of sulfone groups is 2. The Hall–Kier alpha value is -1.69. The normalized spacial score (nSPS) is 23.0. The van der Waals surface area contributed by atoms with Crippen LogP contribution in [0.15, 0.2) is 46.3 Å². The van der Waals surface area contributed by atoms with Gasteiger partial charge in [-0.1, -0.05) is 17.7 Å². The maximum Gasteiger partial charge on any atom is 0.416 e. The molecule has 1 aliphatic heterocycles. The van der Waals surface area contributed by atoms with Crippen LogP contribution in [0.25, 0.3) is 0 Å². The fourth-order valence-electron chi connectivity index (χ4n) is 3.48. The zero-order valence-corrected chi connectivity index (χ0v) is 18.9. The minimum atomic E-state index is -4.69. The van der Waals surface area contributed by atoms with Crippen LogP contribution in [0.2, 0.25) is 5.02 Å². The lowest BCUT2D eigenvalue weighted by atomic mass is 9.94. The van der Waals surface area contributed by atoms with Gasteiger partial charge in [-0.2, -0.15) is 13.2 Å². The van der Waals surface area contributed by atoms with E-state index in [0.29, 0.717) is 6.07 Å². The van der Waals surface area contributed by atoms with Crippen molar-refractivity contribution in [2.24, 2.45) is 0 Å². The molecule has 170 valence electrons. The molecule has 2 unspecified atom stereocenters. The van der Waals surface area contributed by atoms with Crippen molar-refractivity contribution in [3.8, 4) is 0 Å². The van der Waals surface area contributed by atoms with Gasteiger partial charge in [-0.05, 0) is 44.0 Å². The average molecular weight is 498 g/mol. The van der Waals surface area contributed by atoms with Gasteiger partial charge in [0.25, 0.3) is 0 Å². The van der Waals surface area contributed by atoms with Gasteiger partial charge in [0.2, 0.25) is 0 Å². The average Bonchev–Trinajstić information content (AvgIpc) is 2.66. The first-order valence-corrected chi connectivity index (χ1v) is 12.8. The molecule has 0 radical (unpaired) electrons. The van der Waals surface area contributed by atoms with Gasteiger partial charge in [0.1, 0.15) is 6.10 Å². The minimum absolute atomic E-state index is 0.0112. The van der Waals surface area contributed by atoms with Crippen LogP contribution >= 0.6 is 11.6 Å². The predicted molar refractivity (Wildman–Crippen MR) is 107 cm³/mol. The third-order valence-electron chi connectivity index (χ3n) is 5.24. The molecule has 0 spiro atoms. The van der Waals surface area contributed by atoms with Gasteiger partial charge < -0.3 is 4.74 Å². The van der Waals surface area contributed by atoms with Crippen molar-refractivity contribution in [3.05, 3.63) is 52.8 Å². The minimum Gasteiger partial charge on any atom is -0.372 e. The predicted octanol–water partition coefficient (Wildman–Crippen LogP) is 4.24. The molecule has 1 aliphatic rings. The molecule has 2 atom stereocenters. The molecule has 0 bridgehead atoms. The van der Waals surface area contributed by atoms with Gasteiger partial charge in [0, 0.05) is 19.1 Å². The number of alkyl halides is 3. The molecule has 1 aromatic heterocycles. The van der Waals surface area contributed by atoms with E-state index >= 15 is 0 Å². The molecule has 1 saturated heterocycles. The molecule has 0 saturated carbocycles. The molecule has 2 aromatic rings. The van der Waals surface area contributed by atoms with Gasteiger partial charge >= 0.3 is 6.18 Å². The zero-order chi connectivity index (χ0) is 23.2. The van der Waals surface area contributed by atoms with Crippen LogP contribution in [0.3, 0.4) is 0 Å². The van der Waals surface area contributed by atoms with Crippen LogP contribution in [-0.2, 0) is 30.6 Å². The topological polar surface area (TPSA) is 90.4 Å². The highest BCUT2D eigenvalue weighted by Gasteiger charge is 2.46. The Morgan fingerprint density at radius 1 is 1.19 bits per heavy atom. The van der Waals surface area contributed by atoms with Crippen molar-refractivity contribution in [2.45, 2.75) is 46.6 Å². The third-order valence-corrected chi connectivity index (χ3v) is 9.12. The Morgan fingerprint density at radius 2 is 1.87 bits per heavy atom. The van der Waals surface area contributed by atoms with Crippen LogP contribution in [-0.4, -0.2) is 39.4 Å². The summed E-state index contributed by atoms with van der Waals surface area (Å²) in [7, 11) is -7.98. The number of ether oxygens (including phenoxy) is 1. The summed E-state index contributed by atoms with van der Waals surface area (Å²) in [4.78, 5) is 3.41. The Labute approximate surface area is 183 Å². The Balaban J connectivity index is 2.03. The fraction of sp³-hybridized carbons (Fsp3) is 0.421. The van der Waals surface area contributed by atoms with Crippen LogP contribution in [0, 0.1) is 0 Å². The Bertz CT molecular complexity index is 1220. The van der Waals surface area contributed by atoms with Crippen LogP contribution in [0.1, 0.15) is 37.1 Å². The highest BCUT2D eigenvalue weighted by molar-refractivity contribution is 7.92. The quantitative estimate of drug-likeness (QED) is 0.627. The van der Waals surface area contributed by atoms with E-state index in [1.165, 1.54) is 19.2 Å². The Kier molecular flexibility index (Phi) is 6.20. The van der Waals surface area contributed by atoms with E-state index in [1.807, 2.05) is 0 Å². The number of halogens is 4. The summed E-state index contributed by atoms with van der Waals surface area (Å²) in [6, 6.07) is 4.76. The monoisotopic (exact) mass is 497 g/mol. The van der Waals surface area contributed by atoms with Crippen molar-refractivity contribution in [3.63, 3.8) is 0 Å². The van der Waals surface area contributed by atoms with Gasteiger partial charge in [0.15, 0.2) is 19.7 Å². The number of aromatic nitrogens is 1. The number of rotatable bonds is 4.